The monoisotopic (exact) mass is 298 g/mol. The van der Waals surface area contributed by atoms with Crippen LogP contribution >= 0.6 is 0 Å². The molecule has 4 nitrogen and oxygen atoms in total. The van der Waals surface area contributed by atoms with Gasteiger partial charge in [0.2, 0.25) is 0 Å². The summed E-state index contributed by atoms with van der Waals surface area (Å²) in [5, 5.41) is 0. The molecule has 118 valence electrons. The zero-order valence-electron chi connectivity index (χ0n) is 12.3. The summed E-state index contributed by atoms with van der Waals surface area (Å²) in [7, 11) is 0. The van der Waals surface area contributed by atoms with Gasteiger partial charge >= 0.3 is 18.1 Å². The van der Waals surface area contributed by atoms with Crippen LogP contribution in [0.5, 0.6) is 0 Å². The second kappa shape index (κ2) is 6.95. The number of hydrogen-bond donors (Lipinski definition) is 0. The Bertz CT molecular complexity index is 352. The van der Waals surface area contributed by atoms with E-state index in [0.29, 0.717) is 0 Å². The zero-order chi connectivity index (χ0) is 16.1. The van der Waals surface area contributed by atoms with Crippen molar-refractivity contribution in [3.8, 4) is 0 Å². The Kier molecular flexibility index (Phi) is 6.50. The predicted molar refractivity (Wildman–Crippen MR) is 65.8 cm³/mol. The Hall–Kier alpha value is -1.27. The van der Waals surface area contributed by atoms with Gasteiger partial charge in [0.25, 0.3) is 0 Å². The van der Waals surface area contributed by atoms with Gasteiger partial charge in [-0.1, -0.05) is 20.8 Å². The minimum atomic E-state index is -4.61. The highest BCUT2D eigenvalue weighted by Gasteiger charge is 2.43. The van der Waals surface area contributed by atoms with Crippen LogP contribution in [0, 0.1) is 11.3 Å². The predicted octanol–water partition coefficient (Wildman–Crippen LogP) is 3.10. The third-order valence-corrected chi connectivity index (χ3v) is 3.02. The number of carbonyl (C=O) groups is 2. The first-order chi connectivity index (χ1) is 8.94. The average molecular weight is 298 g/mol. The van der Waals surface area contributed by atoms with Crippen LogP contribution in [-0.2, 0) is 19.1 Å². The third-order valence-electron chi connectivity index (χ3n) is 3.02. The number of alkyl halides is 3. The molecule has 0 fully saturated rings. The van der Waals surface area contributed by atoms with E-state index in [4.69, 9.17) is 4.74 Å². The Morgan fingerprint density at radius 1 is 1.15 bits per heavy atom. The van der Waals surface area contributed by atoms with Gasteiger partial charge in [0, 0.05) is 0 Å². The van der Waals surface area contributed by atoms with Gasteiger partial charge in [0.15, 0.2) is 6.10 Å². The van der Waals surface area contributed by atoms with Crippen LogP contribution in [0.1, 0.15) is 41.0 Å². The lowest BCUT2D eigenvalue weighted by Gasteiger charge is -2.28. The second-order valence-electron chi connectivity index (χ2n) is 5.27. The van der Waals surface area contributed by atoms with Gasteiger partial charge in [-0.25, -0.2) is 0 Å². The van der Waals surface area contributed by atoms with Crippen LogP contribution in [0.25, 0.3) is 0 Å². The van der Waals surface area contributed by atoms with Crippen LogP contribution < -0.4 is 0 Å². The Balaban J connectivity index is 4.71. The molecule has 0 aliphatic carbocycles. The van der Waals surface area contributed by atoms with E-state index in [-0.39, 0.29) is 18.9 Å². The molecule has 0 aliphatic rings. The van der Waals surface area contributed by atoms with E-state index in [9.17, 15) is 22.8 Å². The molecule has 7 heteroatoms. The molecule has 0 aliphatic heterocycles. The van der Waals surface area contributed by atoms with E-state index in [2.05, 4.69) is 4.74 Å². The molecule has 0 aromatic heterocycles. The Morgan fingerprint density at radius 2 is 1.65 bits per heavy atom. The van der Waals surface area contributed by atoms with E-state index in [1.807, 2.05) is 0 Å². The number of carbonyl (C=O) groups excluding carboxylic acids is 2. The summed E-state index contributed by atoms with van der Waals surface area (Å²) in [6.07, 6.45) is -6.61. The largest absolute Gasteiger partial charge is 0.464 e. The van der Waals surface area contributed by atoms with Crippen molar-refractivity contribution < 1.29 is 32.2 Å². The van der Waals surface area contributed by atoms with Crippen molar-refractivity contribution in [3.05, 3.63) is 0 Å². The van der Waals surface area contributed by atoms with Crippen molar-refractivity contribution in [3.63, 3.8) is 0 Å². The van der Waals surface area contributed by atoms with Gasteiger partial charge in [-0.3, -0.25) is 9.59 Å². The molecule has 20 heavy (non-hydrogen) atoms. The topological polar surface area (TPSA) is 52.6 Å². The SMILES string of the molecule is CCC(C)(COC(=O)C(C)C)C(=O)OC(C)C(F)(F)F. The van der Waals surface area contributed by atoms with Crippen molar-refractivity contribution in [2.24, 2.45) is 11.3 Å². The summed E-state index contributed by atoms with van der Waals surface area (Å²) >= 11 is 0. The molecular weight excluding hydrogens is 277 g/mol. The number of halogens is 3. The van der Waals surface area contributed by atoms with Crippen LogP contribution in [-0.4, -0.2) is 30.8 Å². The summed E-state index contributed by atoms with van der Waals surface area (Å²) in [5.74, 6) is -1.91. The van der Waals surface area contributed by atoms with E-state index in [1.54, 1.807) is 20.8 Å². The van der Waals surface area contributed by atoms with Crippen LogP contribution in [0.2, 0.25) is 0 Å². The fourth-order valence-electron chi connectivity index (χ4n) is 1.07. The molecule has 0 aromatic rings. The van der Waals surface area contributed by atoms with Crippen molar-refractivity contribution >= 4 is 11.9 Å². The van der Waals surface area contributed by atoms with Crippen LogP contribution in [0.4, 0.5) is 13.2 Å². The summed E-state index contributed by atoms with van der Waals surface area (Å²) in [5.41, 5.74) is -1.29. The van der Waals surface area contributed by atoms with Gasteiger partial charge < -0.3 is 9.47 Å². The molecule has 0 bridgehead atoms. The van der Waals surface area contributed by atoms with E-state index >= 15 is 0 Å². The molecule has 0 heterocycles. The lowest BCUT2D eigenvalue weighted by molar-refractivity contribution is -0.223. The lowest BCUT2D eigenvalue weighted by Crippen LogP contribution is -2.40. The average Bonchev–Trinajstić information content (AvgIpc) is 2.33. The van der Waals surface area contributed by atoms with Gasteiger partial charge in [-0.05, 0) is 20.3 Å². The number of rotatable bonds is 6. The Labute approximate surface area is 116 Å². The first kappa shape index (κ1) is 18.7. The van der Waals surface area contributed by atoms with E-state index < -0.39 is 29.6 Å². The van der Waals surface area contributed by atoms with Crippen LogP contribution in [0.15, 0.2) is 0 Å². The molecule has 0 spiro atoms. The molecular formula is C13H21F3O4. The maximum Gasteiger partial charge on any atom is 0.425 e. The summed E-state index contributed by atoms with van der Waals surface area (Å²) < 4.78 is 46.4. The third kappa shape index (κ3) is 5.38. The molecule has 0 aromatic carbocycles. The highest BCUT2D eigenvalue weighted by atomic mass is 19.4. The molecule has 0 radical (unpaired) electrons. The molecule has 0 N–H and O–H groups in total. The van der Waals surface area contributed by atoms with Crippen LogP contribution in [0.3, 0.4) is 0 Å². The first-order valence-corrected chi connectivity index (χ1v) is 6.38. The molecule has 2 unspecified atom stereocenters. The Morgan fingerprint density at radius 3 is 2.00 bits per heavy atom. The number of esters is 2. The normalized spacial score (nSPS) is 16.4. The summed E-state index contributed by atoms with van der Waals surface area (Å²) in [6.45, 7) is 6.72. The molecule has 0 amide bonds. The molecule has 0 saturated heterocycles. The second-order valence-corrected chi connectivity index (χ2v) is 5.27. The van der Waals surface area contributed by atoms with Gasteiger partial charge in [0.05, 0.1) is 11.3 Å². The lowest BCUT2D eigenvalue weighted by atomic mass is 9.88. The molecule has 2 atom stereocenters. The van der Waals surface area contributed by atoms with Gasteiger partial charge in [-0.15, -0.1) is 0 Å². The number of ether oxygens (including phenoxy) is 2. The number of hydrogen-bond acceptors (Lipinski definition) is 4. The quantitative estimate of drug-likeness (QED) is 0.707. The maximum absolute atomic E-state index is 12.4. The summed E-state index contributed by atoms with van der Waals surface area (Å²) in [6, 6.07) is 0. The fourth-order valence-corrected chi connectivity index (χ4v) is 1.07. The fraction of sp³-hybridized carbons (Fsp3) is 0.846. The zero-order valence-corrected chi connectivity index (χ0v) is 12.3. The standard InChI is InChI=1S/C13H21F3O4/c1-6-12(5,7-19-10(17)8(2)3)11(18)20-9(4)13(14,15)16/h8-9H,6-7H2,1-5H3. The van der Waals surface area contributed by atoms with Crippen molar-refractivity contribution in [1.29, 1.82) is 0 Å². The van der Waals surface area contributed by atoms with E-state index in [0.717, 1.165) is 6.92 Å². The van der Waals surface area contributed by atoms with Gasteiger partial charge in [-0.2, -0.15) is 13.2 Å². The minimum Gasteiger partial charge on any atom is -0.464 e. The molecule has 0 saturated carbocycles. The highest BCUT2D eigenvalue weighted by Crippen LogP contribution is 2.28. The highest BCUT2D eigenvalue weighted by molar-refractivity contribution is 5.78. The maximum atomic E-state index is 12.4. The molecule has 0 rings (SSSR count). The summed E-state index contributed by atoms with van der Waals surface area (Å²) in [4.78, 5) is 23.2. The van der Waals surface area contributed by atoms with Gasteiger partial charge in [0.1, 0.15) is 6.61 Å². The van der Waals surface area contributed by atoms with Crippen molar-refractivity contribution in [2.45, 2.75) is 53.3 Å². The van der Waals surface area contributed by atoms with E-state index in [1.165, 1.54) is 6.92 Å². The van der Waals surface area contributed by atoms with Crippen molar-refractivity contribution in [2.75, 3.05) is 6.61 Å². The smallest absolute Gasteiger partial charge is 0.425 e. The minimum absolute atomic E-state index is 0.196. The first-order valence-electron chi connectivity index (χ1n) is 6.38. The van der Waals surface area contributed by atoms with Crippen molar-refractivity contribution in [1.82, 2.24) is 0 Å².